The number of nitrogens with zero attached hydrogens (tertiary/aromatic N) is 3. The van der Waals surface area contributed by atoms with Crippen molar-refractivity contribution in [3.63, 3.8) is 0 Å². The lowest BCUT2D eigenvalue weighted by Gasteiger charge is -2.49. The van der Waals surface area contributed by atoms with Crippen LogP contribution in [0.5, 0.6) is 0 Å². The zero-order valence-corrected chi connectivity index (χ0v) is 24.7. The third-order valence-electron chi connectivity index (χ3n) is 7.05. The summed E-state index contributed by atoms with van der Waals surface area (Å²) in [4.78, 5) is 3.18. The van der Waals surface area contributed by atoms with Crippen molar-refractivity contribution in [3.8, 4) is 0 Å². The number of benzene rings is 2. The average Bonchev–Trinajstić information content (AvgIpc) is 2.86. The summed E-state index contributed by atoms with van der Waals surface area (Å²) < 4.78 is 26.3. The van der Waals surface area contributed by atoms with E-state index in [0.29, 0.717) is 19.8 Å². The van der Waals surface area contributed by atoms with Crippen LogP contribution in [0, 0.1) is 0 Å². The van der Waals surface area contributed by atoms with Crippen molar-refractivity contribution in [1.29, 1.82) is 0 Å². The van der Waals surface area contributed by atoms with Gasteiger partial charge in [-0.25, -0.2) is 0 Å². The molecule has 2 aromatic carbocycles. The Morgan fingerprint density at radius 3 is 2.11 bits per heavy atom. The number of hydrogen-bond donors (Lipinski definition) is 0. The molecule has 1 aliphatic rings. The first-order valence-corrected chi connectivity index (χ1v) is 16.9. The molecule has 1 aliphatic heterocycles. The first kappa shape index (κ1) is 29.7. The summed E-state index contributed by atoms with van der Waals surface area (Å²) in [6, 6.07) is 19.6. The van der Waals surface area contributed by atoms with Gasteiger partial charge < -0.3 is 18.6 Å². The Balaban J connectivity index is 1.92. The predicted octanol–water partition coefficient (Wildman–Crippen LogP) is 7.34. The Bertz CT molecular complexity index is 999. The molecule has 0 radical (unpaired) electrons. The smallest absolute Gasteiger partial charge is 0.192 e. The van der Waals surface area contributed by atoms with Gasteiger partial charge in [-0.05, 0) is 40.5 Å². The molecule has 9 heteroatoms. The highest BCUT2D eigenvalue weighted by Crippen LogP contribution is 2.41. The minimum absolute atomic E-state index is 0.0184. The second kappa shape index (κ2) is 13.8. The van der Waals surface area contributed by atoms with Crippen molar-refractivity contribution >= 4 is 20.1 Å². The molecular formula is C28H41N3O4SSi. The van der Waals surface area contributed by atoms with E-state index in [1.807, 2.05) is 60.7 Å². The number of ether oxygens (including phenoxy) is 3. The van der Waals surface area contributed by atoms with Crippen LogP contribution >= 0.6 is 11.8 Å². The van der Waals surface area contributed by atoms with Crippen LogP contribution in [0.4, 0.5) is 0 Å². The minimum atomic E-state index is -2.24. The number of rotatable bonds is 12. The fourth-order valence-corrected chi connectivity index (χ4v) is 6.27. The molecule has 0 bridgehead atoms. The Hall–Kier alpha value is -1.84. The van der Waals surface area contributed by atoms with E-state index in [9.17, 15) is 5.53 Å². The van der Waals surface area contributed by atoms with Crippen LogP contribution in [-0.2, 0) is 31.9 Å². The summed E-state index contributed by atoms with van der Waals surface area (Å²) >= 11 is 1.62. The van der Waals surface area contributed by atoms with Crippen molar-refractivity contribution in [2.24, 2.45) is 5.11 Å². The lowest BCUT2D eigenvalue weighted by Crippen LogP contribution is -2.62. The molecule has 202 valence electrons. The van der Waals surface area contributed by atoms with Gasteiger partial charge in [-0.2, -0.15) is 0 Å². The molecule has 3 rings (SSSR count). The van der Waals surface area contributed by atoms with Crippen molar-refractivity contribution in [2.75, 3.05) is 12.4 Å². The second-order valence-electron chi connectivity index (χ2n) is 10.8. The minimum Gasteiger partial charge on any atom is -0.409 e. The number of thioether (sulfide) groups is 1. The van der Waals surface area contributed by atoms with E-state index in [-0.39, 0.29) is 16.6 Å². The van der Waals surface area contributed by atoms with Gasteiger partial charge in [0.2, 0.25) is 0 Å². The summed E-state index contributed by atoms with van der Waals surface area (Å²) in [6.07, 6.45) is -1.29. The van der Waals surface area contributed by atoms with Crippen molar-refractivity contribution in [1.82, 2.24) is 0 Å². The summed E-state index contributed by atoms with van der Waals surface area (Å²) in [5, 5.41) is 4.17. The second-order valence-corrected chi connectivity index (χ2v) is 16.9. The van der Waals surface area contributed by atoms with E-state index >= 15 is 0 Å². The number of azide groups is 1. The van der Waals surface area contributed by atoms with Crippen LogP contribution in [-0.4, -0.2) is 50.5 Å². The molecule has 0 spiro atoms. The molecule has 7 nitrogen and oxygen atoms in total. The van der Waals surface area contributed by atoms with Gasteiger partial charge in [-0.1, -0.05) is 93.5 Å². The maximum Gasteiger partial charge on any atom is 0.192 e. The normalized spacial score (nSPS) is 24.4. The fourth-order valence-electron chi connectivity index (χ4n) is 3.99. The molecule has 0 aromatic heterocycles. The molecule has 1 saturated heterocycles. The number of hydrogen-bond acceptors (Lipinski definition) is 6. The van der Waals surface area contributed by atoms with Gasteiger partial charge in [0.05, 0.1) is 25.9 Å². The summed E-state index contributed by atoms with van der Waals surface area (Å²) in [6.45, 7) is 14.4. The fraction of sp³-hybridized carbons (Fsp3) is 0.571. The van der Waals surface area contributed by atoms with Gasteiger partial charge in [-0.3, -0.25) is 0 Å². The van der Waals surface area contributed by atoms with E-state index < -0.39 is 26.6 Å². The van der Waals surface area contributed by atoms with E-state index in [1.54, 1.807) is 11.8 Å². The van der Waals surface area contributed by atoms with E-state index in [2.05, 4.69) is 50.8 Å². The van der Waals surface area contributed by atoms with Crippen LogP contribution in [0.15, 0.2) is 65.8 Å². The molecule has 0 unspecified atom stereocenters. The molecule has 0 amide bonds. The summed E-state index contributed by atoms with van der Waals surface area (Å²) in [7, 11) is -2.24. The largest absolute Gasteiger partial charge is 0.409 e. The van der Waals surface area contributed by atoms with Crippen molar-refractivity contribution < 1.29 is 18.6 Å². The lowest BCUT2D eigenvalue weighted by molar-refractivity contribution is -0.186. The van der Waals surface area contributed by atoms with E-state index in [1.165, 1.54) is 0 Å². The molecule has 37 heavy (non-hydrogen) atoms. The van der Waals surface area contributed by atoms with Crippen molar-refractivity contribution in [2.45, 2.75) is 88.8 Å². The molecule has 1 heterocycles. The van der Waals surface area contributed by atoms with Gasteiger partial charge >= 0.3 is 0 Å². The zero-order valence-electron chi connectivity index (χ0n) is 22.9. The lowest BCUT2D eigenvalue weighted by atomic mass is 9.98. The average molecular weight is 544 g/mol. The topological polar surface area (TPSA) is 85.7 Å². The van der Waals surface area contributed by atoms with Gasteiger partial charge in [0.15, 0.2) is 8.32 Å². The zero-order chi connectivity index (χ0) is 26.9. The first-order chi connectivity index (χ1) is 17.7. The van der Waals surface area contributed by atoms with Crippen molar-refractivity contribution in [3.05, 3.63) is 82.2 Å². The summed E-state index contributed by atoms with van der Waals surface area (Å²) in [5.74, 6) is 0.818. The third kappa shape index (κ3) is 8.32. The highest BCUT2D eigenvalue weighted by molar-refractivity contribution is 7.99. The molecule has 0 saturated carbocycles. The van der Waals surface area contributed by atoms with E-state index in [4.69, 9.17) is 18.6 Å². The Morgan fingerprint density at radius 2 is 1.57 bits per heavy atom. The molecule has 0 aliphatic carbocycles. The maximum atomic E-state index is 9.47. The van der Waals surface area contributed by atoms with E-state index in [0.717, 1.165) is 16.9 Å². The van der Waals surface area contributed by atoms with Crippen LogP contribution in [0.3, 0.4) is 0 Å². The monoisotopic (exact) mass is 543 g/mol. The molecule has 0 N–H and O–H groups in total. The maximum absolute atomic E-state index is 9.47. The molecule has 1 fully saturated rings. The van der Waals surface area contributed by atoms with Gasteiger partial charge in [-0.15, -0.1) is 11.8 Å². The third-order valence-corrected chi connectivity index (χ3v) is 12.6. The predicted molar refractivity (Wildman–Crippen MR) is 153 cm³/mol. The van der Waals surface area contributed by atoms with Crippen LogP contribution in [0.1, 0.15) is 38.8 Å². The molecule has 2 aromatic rings. The molecule has 5 atom stereocenters. The van der Waals surface area contributed by atoms with Gasteiger partial charge in [0.25, 0.3) is 0 Å². The SMILES string of the molecule is CCS[C@@H]1O[C@H](COCc2ccccc2)[C@@H](O[Si](C)(C)C(C)(C)C)[C@H](OCc2ccccc2)[C@H]1N=[N+]=[N-]. The van der Waals surface area contributed by atoms with Crippen LogP contribution < -0.4 is 0 Å². The van der Waals surface area contributed by atoms with Gasteiger partial charge in [0.1, 0.15) is 23.7 Å². The standard InChI is InChI=1S/C28H41N3O4SSi/c1-7-36-27-24(30-31-29)26(33-19-22-16-12-9-13-17-22)25(35-37(5,6)28(2,3)4)23(34-27)20-32-18-21-14-10-8-11-15-21/h8-17,23-27H,7,18-20H2,1-6H3/t23-,24-,25-,26-,27+/m1/s1. The highest BCUT2D eigenvalue weighted by atomic mass is 32.2. The quantitative estimate of drug-likeness (QED) is 0.121. The Kier molecular flexibility index (Phi) is 11.1. The first-order valence-electron chi connectivity index (χ1n) is 12.9. The van der Waals surface area contributed by atoms with Crippen LogP contribution in [0.2, 0.25) is 18.1 Å². The van der Waals surface area contributed by atoms with Crippen LogP contribution in [0.25, 0.3) is 10.4 Å². The Labute approximate surface area is 227 Å². The highest BCUT2D eigenvalue weighted by Gasteiger charge is 2.51. The van der Waals surface area contributed by atoms with Gasteiger partial charge in [0, 0.05) is 4.91 Å². The Morgan fingerprint density at radius 1 is 0.973 bits per heavy atom. The summed E-state index contributed by atoms with van der Waals surface area (Å²) in [5.41, 5.74) is 11.3. The molecular weight excluding hydrogens is 502 g/mol.